The second-order valence-electron chi connectivity index (χ2n) is 8.17. The van der Waals surface area contributed by atoms with Crippen molar-refractivity contribution in [1.82, 2.24) is 25.0 Å². The average molecular weight is 365 g/mol. The molecule has 6 heteroatoms. The minimum absolute atomic E-state index is 0.170. The van der Waals surface area contributed by atoms with E-state index in [0.717, 1.165) is 51.0 Å². The number of carbonyl (C=O) groups is 1. The molecule has 5 rings (SSSR count). The molecule has 0 radical (unpaired) electrons. The SMILES string of the molecule is O=C(c1cnn(C2CCNCC2)c1C1CC1)N1CCC(c2cccnc2)C1. The maximum atomic E-state index is 13.3. The van der Waals surface area contributed by atoms with Crippen LogP contribution in [-0.4, -0.2) is 51.8 Å². The van der Waals surface area contributed by atoms with Gasteiger partial charge in [0.15, 0.2) is 0 Å². The summed E-state index contributed by atoms with van der Waals surface area (Å²) >= 11 is 0. The Bertz CT molecular complexity index is 807. The number of likely N-dealkylation sites (tertiary alicyclic amines) is 1. The van der Waals surface area contributed by atoms with Gasteiger partial charge in [-0.2, -0.15) is 5.10 Å². The Morgan fingerprint density at radius 2 is 1.93 bits per heavy atom. The van der Waals surface area contributed by atoms with Gasteiger partial charge in [0.2, 0.25) is 0 Å². The minimum Gasteiger partial charge on any atom is -0.338 e. The largest absolute Gasteiger partial charge is 0.338 e. The van der Waals surface area contributed by atoms with Crippen molar-refractivity contribution < 1.29 is 4.79 Å². The van der Waals surface area contributed by atoms with Crippen LogP contribution in [0.2, 0.25) is 0 Å². The lowest BCUT2D eigenvalue weighted by molar-refractivity contribution is 0.0789. The molecule has 142 valence electrons. The summed E-state index contributed by atoms with van der Waals surface area (Å²) in [5, 5.41) is 8.12. The first-order chi connectivity index (χ1) is 13.3. The van der Waals surface area contributed by atoms with Gasteiger partial charge < -0.3 is 10.2 Å². The molecule has 2 aromatic heterocycles. The van der Waals surface area contributed by atoms with Crippen LogP contribution in [0, 0.1) is 0 Å². The van der Waals surface area contributed by atoms with Gasteiger partial charge in [0, 0.05) is 37.3 Å². The van der Waals surface area contributed by atoms with E-state index < -0.39 is 0 Å². The lowest BCUT2D eigenvalue weighted by atomic mass is 10.0. The molecule has 2 aromatic rings. The van der Waals surface area contributed by atoms with E-state index in [4.69, 9.17) is 5.10 Å². The van der Waals surface area contributed by atoms with Crippen molar-refractivity contribution in [2.24, 2.45) is 0 Å². The Morgan fingerprint density at radius 1 is 1.07 bits per heavy atom. The van der Waals surface area contributed by atoms with Crippen LogP contribution in [0.3, 0.4) is 0 Å². The first-order valence-electron chi connectivity index (χ1n) is 10.3. The van der Waals surface area contributed by atoms with Crippen molar-refractivity contribution in [3.8, 4) is 0 Å². The second-order valence-corrected chi connectivity index (χ2v) is 8.17. The molecule has 0 spiro atoms. The zero-order chi connectivity index (χ0) is 18.2. The molecule has 3 aliphatic rings. The predicted octanol–water partition coefficient (Wildman–Crippen LogP) is 2.71. The van der Waals surface area contributed by atoms with Crippen molar-refractivity contribution in [3.63, 3.8) is 0 Å². The van der Waals surface area contributed by atoms with Crippen molar-refractivity contribution >= 4 is 5.91 Å². The molecule has 1 saturated carbocycles. The van der Waals surface area contributed by atoms with Crippen molar-refractivity contribution in [3.05, 3.63) is 47.5 Å². The van der Waals surface area contributed by atoms with E-state index in [9.17, 15) is 4.79 Å². The average Bonchev–Trinajstić information content (AvgIpc) is 3.28. The molecule has 27 heavy (non-hydrogen) atoms. The molecular formula is C21H27N5O. The van der Waals surface area contributed by atoms with Gasteiger partial charge >= 0.3 is 0 Å². The van der Waals surface area contributed by atoms with Gasteiger partial charge in [0.1, 0.15) is 0 Å². The fraction of sp³-hybridized carbons (Fsp3) is 0.571. The minimum atomic E-state index is 0.170. The van der Waals surface area contributed by atoms with E-state index >= 15 is 0 Å². The first kappa shape index (κ1) is 16.9. The second kappa shape index (κ2) is 7.08. The number of nitrogens with zero attached hydrogens (tertiary/aromatic N) is 4. The Labute approximate surface area is 160 Å². The van der Waals surface area contributed by atoms with E-state index in [1.165, 1.54) is 24.1 Å². The maximum absolute atomic E-state index is 13.3. The Balaban J connectivity index is 1.37. The molecule has 1 aliphatic carbocycles. The predicted molar refractivity (Wildman–Crippen MR) is 103 cm³/mol. The Morgan fingerprint density at radius 3 is 2.67 bits per heavy atom. The molecular weight excluding hydrogens is 338 g/mol. The van der Waals surface area contributed by atoms with Crippen molar-refractivity contribution in [2.75, 3.05) is 26.2 Å². The molecule has 2 aliphatic heterocycles. The number of piperidine rings is 1. The van der Waals surface area contributed by atoms with E-state index in [1.807, 2.05) is 23.4 Å². The third-order valence-corrected chi connectivity index (χ3v) is 6.31. The Hall–Kier alpha value is -2.21. The van der Waals surface area contributed by atoms with Crippen LogP contribution in [0.5, 0.6) is 0 Å². The standard InChI is InChI=1S/C21H27N5O/c27-21(25-11-7-17(14-25)16-2-1-8-23-12-16)19-13-24-26(20(19)15-3-4-15)18-5-9-22-10-6-18/h1-2,8,12-13,15,17-18,22H,3-7,9-11,14H2. The fourth-order valence-electron chi connectivity index (χ4n) is 4.65. The molecule has 0 bridgehead atoms. The summed E-state index contributed by atoms with van der Waals surface area (Å²) in [6.45, 7) is 3.68. The van der Waals surface area contributed by atoms with Crippen LogP contribution >= 0.6 is 0 Å². The molecule has 6 nitrogen and oxygen atoms in total. The summed E-state index contributed by atoms with van der Waals surface area (Å²) in [6, 6.07) is 4.54. The first-order valence-corrected chi connectivity index (χ1v) is 10.3. The quantitative estimate of drug-likeness (QED) is 0.905. The molecule has 3 fully saturated rings. The number of carbonyl (C=O) groups excluding carboxylic acids is 1. The summed E-state index contributed by atoms with van der Waals surface area (Å²) in [5.41, 5.74) is 3.29. The highest BCUT2D eigenvalue weighted by Gasteiger charge is 2.37. The van der Waals surface area contributed by atoms with E-state index in [2.05, 4.69) is 21.0 Å². The number of aromatic nitrogens is 3. The van der Waals surface area contributed by atoms with Crippen LogP contribution in [0.15, 0.2) is 30.7 Å². The van der Waals surface area contributed by atoms with Crippen LogP contribution < -0.4 is 5.32 Å². The number of amides is 1. The molecule has 1 N–H and O–H groups in total. The van der Waals surface area contributed by atoms with E-state index in [0.29, 0.717) is 17.9 Å². The summed E-state index contributed by atoms with van der Waals surface area (Å²) in [4.78, 5) is 19.6. The number of hydrogen-bond acceptors (Lipinski definition) is 4. The highest BCUT2D eigenvalue weighted by molar-refractivity contribution is 5.95. The van der Waals surface area contributed by atoms with Gasteiger partial charge in [0.05, 0.1) is 23.5 Å². The third-order valence-electron chi connectivity index (χ3n) is 6.31. The molecule has 4 heterocycles. The molecule has 1 amide bonds. The lowest BCUT2D eigenvalue weighted by Gasteiger charge is -2.25. The smallest absolute Gasteiger partial charge is 0.257 e. The highest BCUT2D eigenvalue weighted by Crippen LogP contribution is 2.43. The van der Waals surface area contributed by atoms with E-state index in [1.54, 1.807) is 6.20 Å². The maximum Gasteiger partial charge on any atom is 0.257 e. The number of hydrogen-bond donors (Lipinski definition) is 1. The lowest BCUT2D eigenvalue weighted by Crippen LogP contribution is -2.31. The molecule has 0 aromatic carbocycles. The van der Waals surface area contributed by atoms with Gasteiger partial charge in [-0.1, -0.05) is 6.07 Å². The fourth-order valence-corrected chi connectivity index (χ4v) is 4.65. The molecule has 2 saturated heterocycles. The number of rotatable bonds is 4. The monoisotopic (exact) mass is 365 g/mol. The third kappa shape index (κ3) is 3.27. The van der Waals surface area contributed by atoms with Crippen LogP contribution in [0.1, 0.15) is 71.6 Å². The van der Waals surface area contributed by atoms with Gasteiger partial charge in [-0.15, -0.1) is 0 Å². The van der Waals surface area contributed by atoms with Crippen LogP contribution in [0.4, 0.5) is 0 Å². The van der Waals surface area contributed by atoms with Gasteiger partial charge in [-0.3, -0.25) is 14.5 Å². The molecule has 1 atom stereocenters. The van der Waals surface area contributed by atoms with Gasteiger partial charge in [0.25, 0.3) is 5.91 Å². The van der Waals surface area contributed by atoms with Crippen molar-refractivity contribution in [1.29, 1.82) is 0 Å². The van der Waals surface area contributed by atoms with Gasteiger partial charge in [-0.05, 0) is 56.8 Å². The zero-order valence-corrected chi connectivity index (χ0v) is 15.7. The summed E-state index contributed by atoms with van der Waals surface area (Å²) in [6.07, 6.45) is 11.2. The normalized spacial score (nSPS) is 23.7. The zero-order valence-electron chi connectivity index (χ0n) is 15.7. The number of pyridine rings is 1. The Kier molecular flexibility index (Phi) is 4.44. The summed E-state index contributed by atoms with van der Waals surface area (Å²) < 4.78 is 2.19. The highest BCUT2D eigenvalue weighted by atomic mass is 16.2. The molecule has 1 unspecified atom stereocenters. The topological polar surface area (TPSA) is 63.1 Å². The van der Waals surface area contributed by atoms with Crippen molar-refractivity contribution in [2.45, 2.75) is 50.0 Å². The van der Waals surface area contributed by atoms with Gasteiger partial charge in [-0.25, -0.2) is 0 Å². The number of nitrogens with one attached hydrogen (secondary N) is 1. The van der Waals surface area contributed by atoms with Crippen LogP contribution in [-0.2, 0) is 0 Å². The van der Waals surface area contributed by atoms with Crippen LogP contribution in [0.25, 0.3) is 0 Å². The van der Waals surface area contributed by atoms with E-state index in [-0.39, 0.29) is 5.91 Å². The summed E-state index contributed by atoms with van der Waals surface area (Å²) in [7, 11) is 0. The summed E-state index contributed by atoms with van der Waals surface area (Å²) in [5.74, 6) is 1.09.